The predicted molar refractivity (Wildman–Crippen MR) is 95.9 cm³/mol. The van der Waals surface area contributed by atoms with E-state index in [0.29, 0.717) is 12.8 Å². The van der Waals surface area contributed by atoms with Gasteiger partial charge in [0.05, 0.1) is 5.02 Å². The number of benzene rings is 2. The molecule has 7 heteroatoms. The van der Waals surface area contributed by atoms with Gasteiger partial charge < -0.3 is 15.2 Å². The van der Waals surface area contributed by atoms with E-state index in [-0.39, 0.29) is 29.8 Å². The average molecular weight is 380 g/mol. The zero-order valence-corrected chi connectivity index (χ0v) is 14.7. The Kier molecular flexibility index (Phi) is 7.41. The minimum absolute atomic E-state index is 0.0531. The Balaban J connectivity index is 1.92. The number of aliphatic carboxylic acids is 1. The number of hydrogen-bond acceptors (Lipinski definition) is 3. The molecule has 26 heavy (non-hydrogen) atoms. The van der Waals surface area contributed by atoms with Crippen molar-refractivity contribution in [1.29, 1.82) is 0 Å². The molecule has 0 aliphatic rings. The molecule has 2 N–H and O–H groups in total. The maximum atomic E-state index is 13.0. The van der Waals surface area contributed by atoms with Crippen LogP contribution in [0.2, 0.25) is 5.02 Å². The highest BCUT2D eigenvalue weighted by Gasteiger charge is 2.16. The molecule has 1 unspecified atom stereocenters. The lowest BCUT2D eigenvalue weighted by molar-refractivity contribution is -0.137. The predicted octanol–water partition coefficient (Wildman–Crippen LogP) is 3.45. The van der Waals surface area contributed by atoms with Crippen LogP contribution in [0.15, 0.2) is 48.5 Å². The molecule has 0 heterocycles. The summed E-state index contributed by atoms with van der Waals surface area (Å²) in [7, 11) is 0. The maximum Gasteiger partial charge on any atom is 0.303 e. The van der Waals surface area contributed by atoms with E-state index in [1.807, 2.05) is 30.3 Å². The quantitative estimate of drug-likeness (QED) is 0.699. The molecule has 2 rings (SSSR count). The minimum atomic E-state index is -0.924. The van der Waals surface area contributed by atoms with Crippen molar-refractivity contribution < 1.29 is 23.8 Å². The zero-order chi connectivity index (χ0) is 18.9. The van der Waals surface area contributed by atoms with Crippen LogP contribution in [0.3, 0.4) is 0 Å². The fourth-order valence-corrected chi connectivity index (χ4v) is 2.65. The van der Waals surface area contributed by atoms with Crippen LogP contribution >= 0.6 is 11.6 Å². The molecule has 5 nitrogen and oxygen atoms in total. The molecular weight excluding hydrogens is 361 g/mol. The zero-order valence-electron chi connectivity index (χ0n) is 14.0. The molecule has 0 bridgehead atoms. The molecule has 0 aromatic heterocycles. The Morgan fingerprint density at radius 1 is 1.19 bits per heavy atom. The molecule has 0 aliphatic heterocycles. The van der Waals surface area contributed by atoms with E-state index in [1.54, 1.807) is 0 Å². The van der Waals surface area contributed by atoms with Crippen molar-refractivity contribution >= 4 is 23.5 Å². The van der Waals surface area contributed by atoms with Crippen LogP contribution in [0.4, 0.5) is 4.39 Å². The molecule has 0 aliphatic carbocycles. The van der Waals surface area contributed by atoms with Gasteiger partial charge in [0.2, 0.25) is 0 Å². The van der Waals surface area contributed by atoms with Crippen LogP contribution < -0.4 is 10.1 Å². The highest BCUT2D eigenvalue weighted by molar-refractivity contribution is 6.32. The Morgan fingerprint density at radius 2 is 1.92 bits per heavy atom. The van der Waals surface area contributed by atoms with Gasteiger partial charge in [-0.3, -0.25) is 9.59 Å². The normalized spacial score (nSPS) is 11.6. The molecule has 0 radical (unpaired) electrons. The number of halogens is 2. The van der Waals surface area contributed by atoms with Gasteiger partial charge in [0, 0.05) is 12.5 Å². The second kappa shape index (κ2) is 9.77. The van der Waals surface area contributed by atoms with Gasteiger partial charge in [-0.1, -0.05) is 41.9 Å². The van der Waals surface area contributed by atoms with Crippen LogP contribution in [0, 0.1) is 5.82 Å². The van der Waals surface area contributed by atoms with Gasteiger partial charge in [-0.25, -0.2) is 4.39 Å². The summed E-state index contributed by atoms with van der Waals surface area (Å²) in [6, 6.07) is 12.8. The topological polar surface area (TPSA) is 75.6 Å². The number of carboxylic acid groups (broad SMARTS) is 1. The molecule has 0 saturated carbocycles. The molecule has 0 spiro atoms. The van der Waals surface area contributed by atoms with Crippen molar-refractivity contribution in [3.8, 4) is 5.75 Å². The van der Waals surface area contributed by atoms with Gasteiger partial charge in [0.1, 0.15) is 11.6 Å². The SMILES string of the molecule is O=C(O)CCC(Cc1ccccc1)NC(=O)COc1ccc(F)cc1Cl. The minimum Gasteiger partial charge on any atom is -0.482 e. The van der Waals surface area contributed by atoms with E-state index in [0.717, 1.165) is 11.6 Å². The lowest BCUT2D eigenvalue weighted by Crippen LogP contribution is -2.39. The number of nitrogens with one attached hydrogen (secondary N) is 1. The molecular formula is C19H19ClFNO4. The van der Waals surface area contributed by atoms with Gasteiger partial charge in [-0.15, -0.1) is 0 Å². The molecule has 2 aromatic rings. The largest absolute Gasteiger partial charge is 0.482 e. The summed E-state index contributed by atoms with van der Waals surface area (Å²) in [6.45, 7) is -0.302. The van der Waals surface area contributed by atoms with Gasteiger partial charge in [0.25, 0.3) is 5.91 Å². The highest BCUT2D eigenvalue weighted by Crippen LogP contribution is 2.24. The molecule has 1 amide bonds. The van der Waals surface area contributed by atoms with E-state index in [4.69, 9.17) is 21.4 Å². The smallest absolute Gasteiger partial charge is 0.303 e. The summed E-state index contributed by atoms with van der Waals surface area (Å²) in [5, 5.41) is 11.7. The Labute approximate surface area is 155 Å². The summed E-state index contributed by atoms with van der Waals surface area (Å²) in [6.07, 6.45) is 0.757. The van der Waals surface area contributed by atoms with E-state index in [9.17, 15) is 14.0 Å². The number of hydrogen-bond donors (Lipinski definition) is 2. The van der Waals surface area contributed by atoms with Crippen molar-refractivity contribution in [2.75, 3.05) is 6.61 Å². The van der Waals surface area contributed by atoms with Crippen molar-refractivity contribution in [3.63, 3.8) is 0 Å². The second-order valence-electron chi connectivity index (χ2n) is 5.75. The maximum absolute atomic E-state index is 13.0. The first kappa shape index (κ1) is 19.7. The standard InChI is InChI=1S/C19H19ClFNO4/c20-16-11-14(21)6-8-17(16)26-12-18(23)22-15(7-9-19(24)25)10-13-4-2-1-3-5-13/h1-6,8,11,15H,7,9-10,12H2,(H,22,23)(H,24,25). The molecule has 0 saturated heterocycles. The van der Waals surface area contributed by atoms with Crippen molar-refractivity contribution in [1.82, 2.24) is 5.32 Å². The van der Waals surface area contributed by atoms with Crippen molar-refractivity contribution in [2.24, 2.45) is 0 Å². The highest BCUT2D eigenvalue weighted by atomic mass is 35.5. The Morgan fingerprint density at radius 3 is 2.58 bits per heavy atom. The van der Waals surface area contributed by atoms with Gasteiger partial charge in [-0.05, 0) is 36.6 Å². The number of carbonyl (C=O) groups excluding carboxylic acids is 1. The number of ether oxygens (including phenoxy) is 1. The summed E-state index contributed by atoms with van der Waals surface area (Å²) in [5.74, 6) is -1.62. The van der Waals surface area contributed by atoms with Crippen LogP contribution in [0.1, 0.15) is 18.4 Å². The number of carboxylic acids is 1. The first-order chi connectivity index (χ1) is 12.4. The third-order valence-electron chi connectivity index (χ3n) is 3.65. The monoisotopic (exact) mass is 379 g/mol. The van der Waals surface area contributed by atoms with Gasteiger partial charge in [-0.2, -0.15) is 0 Å². The fraction of sp³-hybridized carbons (Fsp3) is 0.263. The van der Waals surface area contributed by atoms with Crippen LogP contribution in [-0.2, 0) is 16.0 Å². The van der Waals surface area contributed by atoms with Crippen LogP contribution in [0.25, 0.3) is 0 Å². The summed E-state index contributed by atoms with van der Waals surface area (Å²) >= 11 is 5.85. The number of rotatable bonds is 9. The van der Waals surface area contributed by atoms with Crippen LogP contribution in [-0.4, -0.2) is 29.6 Å². The molecule has 138 valence electrons. The summed E-state index contributed by atoms with van der Waals surface area (Å²) < 4.78 is 18.3. The van der Waals surface area contributed by atoms with E-state index >= 15 is 0 Å². The lowest BCUT2D eigenvalue weighted by atomic mass is 10.0. The van der Waals surface area contributed by atoms with Gasteiger partial charge in [0.15, 0.2) is 6.61 Å². The van der Waals surface area contributed by atoms with Crippen molar-refractivity contribution in [3.05, 3.63) is 64.9 Å². The van der Waals surface area contributed by atoms with Crippen LogP contribution in [0.5, 0.6) is 5.75 Å². The molecule has 2 aromatic carbocycles. The molecule has 0 fully saturated rings. The van der Waals surface area contributed by atoms with Crippen molar-refractivity contribution in [2.45, 2.75) is 25.3 Å². The third-order valence-corrected chi connectivity index (χ3v) is 3.94. The van der Waals surface area contributed by atoms with Gasteiger partial charge >= 0.3 is 5.97 Å². The fourth-order valence-electron chi connectivity index (χ4n) is 2.43. The Hall–Kier alpha value is -2.60. The van der Waals surface area contributed by atoms with E-state index in [2.05, 4.69) is 5.32 Å². The lowest BCUT2D eigenvalue weighted by Gasteiger charge is -2.18. The first-order valence-corrected chi connectivity index (χ1v) is 8.45. The molecule has 1 atom stereocenters. The Bertz CT molecular complexity index is 754. The van der Waals surface area contributed by atoms with E-state index in [1.165, 1.54) is 12.1 Å². The summed E-state index contributed by atoms with van der Waals surface area (Å²) in [5.41, 5.74) is 0.991. The second-order valence-corrected chi connectivity index (χ2v) is 6.16. The van der Waals surface area contributed by atoms with E-state index < -0.39 is 17.7 Å². The third kappa shape index (κ3) is 6.72. The first-order valence-electron chi connectivity index (χ1n) is 8.07. The average Bonchev–Trinajstić information content (AvgIpc) is 2.60. The number of amides is 1. The summed E-state index contributed by atoms with van der Waals surface area (Å²) in [4.78, 5) is 23.0. The number of carbonyl (C=O) groups is 2.